The number of nitrogens with zero attached hydrogens (tertiary/aromatic N) is 1. The van der Waals surface area contributed by atoms with Crippen LogP contribution in [0.4, 0.5) is 5.69 Å². The molecule has 3 rings (SSSR count). The molecule has 0 saturated carbocycles. The summed E-state index contributed by atoms with van der Waals surface area (Å²) in [6.07, 6.45) is 0. The molecular formula is C21H21BrN2O3S. The van der Waals surface area contributed by atoms with Gasteiger partial charge in [-0.1, -0.05) is 33.6 Å². The van der Waals surface area contributed by atoms with E-state index >= 15 is 0 Å². The Labute approximate surface area is 175 Å². The lowest BCUT2D eigenvalue weighted by Crippen LogP contribution is -2.20. The van der Waals surface area contributed by atoms with E-state index in [1.165, 1.54) is 0 Å². The lowest BCUT2D eigenvalue weighted by molar-refractivity contribution is -0.113. The normalized spacial score (nSPS) is 12.0. The molecule has 0 bridgehead atoms. The van der Waals surface area contributed by atoms with Crippen LogP contribution >= 0.6 is 15.9 Å². The minimum absolute atomic E-state index is 0.0960. The van der Waals surface area contributed by atoms with Crippen LogP contribution in [0.5, 0.6) is 0 Å². The Morgan fingerprint density at radius 3 is 2.54 bits per heavy atom. The highest BCUT2D eigenvalue weighted by Crippen LogP contribution is 2.23. The van der Waals surface area contributed by atoms with Gasteiger partial charge in [0.05, 0.1) is 11.4 Å². The number of hydrogen-bond donors (Lipinski definition) is 1. The molecule has 1 aromatic heterocycles. The highest BCUT2D eigenvalue weighted by Gasteiger charge is 2.16. The SMILES string of the molecule is Cc1ccc(-c2nc(C[S@](=O)CC(=O)Nc3ccc(Br)c(C)c3)c(C)o2)cc1. The summed E-state index contributed by atoms with van der Waals surface area (Å²) in [7, 11) is -1.39. The standard InChI is InChI=1S/C21H21BrN2O3S/c1-13-4-6-16(7-5-13)21-24-19(15(3)27-21)11-28(26)12-20(25)23-17-8-9-18(22)14(2)10-17/h4-10H,11-12H2,1-3H3,(H,23,25)/t28-/m0/s1. The van der Waals surface area contributed by atoms with Crippen LogP contribution in [0, 0.1) is 20.8 Å². The topological polar surface area (TPSA) is 72.2 Å². The van der Waals surface area contributed by atoms with Crippen molar-refractivity contribution < 1.29 is 13.4 Å². The monoisotopic (exact) mass is 460 g/mol. The molecule has 0 aliphatic carbocycles. The maximum Gasteiger partial charge on any atom is 0.237 e. The number of hydrogen-bond acceptors (Lipinski definition) is 4. The van der Waals surface area contributed by atoms with Crippen molar-refractivity contribution in [3.63, 3.8) is 0 Å². The van der Waals surface area contributed by atoms with Gasteiger partial charge in [-0.2, -0.15) is 0 Å². The van der Waals surface area contributed by atoms with Crippen molar-refractivity contribution in [2.24, 2.45) is 0 Å². The van der Waals surface area contributed by atoms with Crippen molar-refractivity contribution in [3.8, 4) is 11.5 Å². The fraction of sp³-hybridized carbons (Fsp3) is 0.238. The molecule has 1 heterocycles. The average Bonchev–Trinajstić information content (AvgIpc) is 2.99. The van der Waals surface area contributed by atoms with E-state index in [1.54, 1.807) is 13.0 Å². The van der Waals surface area contributed by atoms with Crippen molar-refractivity contribution in [1.29, 1.82) is 0 Å². The summed E-state index contributed by atoms with van der Waals surface area (Å²) >= 11 is 3.42. The zero-order chi connectivity index (χ0) is 20.3. The zero-order valence-corrected chi connectivity index (χ0v) is 18.3. The molecule has 7 heteroatoms. The Hall–Kier alpha value is -2.25. The van der Waals surface area contributed by atoms with Crippen molar-refractivity contribution in [3.05, 3.63) is 69.5 Å². The number of aryl methyl sites for hydroxylation is 3. The first-order valence-electron chi connectivity index (χ1n) is 8.76. The molecule has 0 fully saturated rings. The van der Waals surface area contributed by atoms with Gasteiger partial charge in [-0.25, -0.2) is 4.98 Å². The number of aromatic nitrogens is 1. The molecule has 1 amide bonds. The molecule has 5 nitrogen and oxygen atoms in total. The molecule has 2 aromatic carbocycles. The first-order chi connectivity index (χ1) is 13.3. The molecule has 0 aliphatic rings. The van der Waals surface area contributed by atoms with Crippen LogP contribution in [-0.2, 0) is 21.3 Å². The molecule has 3 aromatic rings. The van der Waals surface area contributed by atoms with Crippen LogP contribution in [0.15, 0.2) is 51.4 Å². The van der Waals surface area contributed by atoms with Crippen LogP contribution in [0.1, 0.15) is 22.6 Å². The Balaban J connectivity index is 1.62. The summed E-state index contributed by atoms with van der Waals surface area (Å²) in [5.74, 6) is 0.905. The van der Waals surface area contributed by atoms with Gasteiger partial charge in [0, 0.05) is 26.5 Å². The minimum Gasteiger partial charge on any atom is -0.441 e. The second kappa shape index (κ2) is 8.84. The number of benzene rings is 2. The van der Waals surface area contributed by atoms with Gasteiger partial charge in [0.1, 0.15) is 11.5 Å². The highest BCUT2D eigenvalue weighted by molar-refractivity contribution is 9.10. The molecule has 0 radical (unpaired) electrons. The fourth-order valence-corrected chi connectivity index (χ4v) is 3.94. The number of nitrogens with one attached hydrogen (secondary N) is 1. The molecule has 1 N–H and O–H groups in total. The summed E-state index contributed by atoms with van der Waals surface area (Å²) in [5.41, 5.74) is 4.33. The number of carbonyl (C=O) groups excluding carboxylic acids is 1. The number of carbonyl (C=O) groups is 1. The van der Waals surface area contributed by atoms with Gasteiger partial charge in [0.25, 0.3) is 0 Å². The van der Waals surface area contributed by atoms with E-state index in [9.17, 15) is 9.00 Å². The predicted octanol–water partition coefficient (Wildman–Crippen LogP) is 4.92. The molecule has 0 unspecified atom stereocenters. The molecule has 0 saturated heterocycles. The number of amides is 1. The van der Waals surface area contributed by atoms with Crippen molar-refractivity contribution in [1.82, 2.24) is 4.98 Å². The molecule has 0 spiro atoms. The van der Waals surface area contributed by atoms with Crippen LogP contribution in [0.25, 0.3) is 11.5 Å². The van der Waals surface area contributed by atoms with E-state index in [0.717, 1.165) is 21.2 Å². The van der Waals surface area contributed by atoms with Gasteiger partial charge < -0.3 is 9.73 Å². The van der Waals surface area contributed by atoms with Crippen molar-refractivity contribution in [2.45, 2.75) is 26.5 Å². The molecule has 146 valence electrons. The smallest absolute Gasteiger partial charge is 0.237 e. The molecule has 28 heavy (non-hydrogen) atoms. The molecule has 0 aliphatic heterocycles. The third kappa shape index (κ3) is 5.17. The van der Waals surface area contributed by atoms with Crippen LogP contribution in [0.3, 0.4) is 0 Å². The fourth-order valence-electron chi connectivity index (χ4n) is 2.65. The lowest BCUT2D eigenvalue weighted by atomic mass is 10.1. The quantitative estimate of drug-likeness (QED) is 0.566. The van der Waals surface area contributed by atoms with E-state index in [4.69, 9.17) is 4.42 Å². The summed E-state index contributed by atoms with van der Waals surface area (Å²) in [5, 5.41) is 2.78. The second-order valence-electron chi connectivity index (χ2n) is 6.63. The number of halogens is 1. The second-order valence-corrected chi connectivity index (χ2v) is 8.94. The van der Waals surface area contributed by atoms with E-state index < -0.39 is 10.8 Å². The van der Waals surface area contributed by atoms with Crippen molar-refractivity contribution >= 4 is 38.3 Å². The third-order valence-corrected chi connectivity index (χ3v) is 6.29. The minimum atomic E-state index is -1.39. The van der Waals surface area contributed by atoms with E-state index in [-0.39, 0.29) is 17.4 Å². The Morgan fingerprint density at radius 1 is 1.14 bits per heavy atom. The average molecular weight is 461 g/mol. The van der Waals surface area contributed by atoms with Crippen LogP contribution in [0.2, 0.25) is 0 Å². The Morgan fingerprint density at radius 2 is 1.86 bits per heavy atom. The van der Waals surface area contributed by atoms with Gasteiger partial charge in [-0.05, 0) is 56.7 Å². The number of rotatable bonds is 6. The van der Waals surface area contributed by atoms with Gasteiger partial charge >= 0.3 is 0 Å². The molecular weight excluding hydrogens is 440 g/mol. The predicted molar refractivity (Wildman–Crippen MR) is 116 cm³/mol. The lowest BCUT2D eigenvalue weighted by Gasteiger charge is -2.07. The first-order valence-corrected chi connectivity index (χ1v) is 11.0. The summed E-state index contributed by atoms with van der Waals surface area (Å²) in [6, 6.07) is 13.4. The highest BCUT2D eigenvalue weighted by atomic mass is 79.9. The third-order valence-electron chi connectivity index (χ3n) is 4.22. The maximum atomic E-state index is 12.4. The maximum absolute atomic E-state index is 12.4. The van der Waals surface area contributed by atoms with E-state index in [1.807, 2.05) is 50.2 Å². The number of anilines is 1. The van der Waals surface area contributed by atoms with Gasteiger partial charge in [-0.15, -0.1) is 0 Å². The zero-order valence-electron chi connectivity index (χ0n) is 15.9. The van der Waals surface area contributed by atoms with Gasteiger partial charge in [0.2, 0.25) is 11.8 Å². The summed E-state index contributed by atoms with van der Waals surface area (Å²) in [6.45, 7) is 5.75. The Bertz CT molecular complexity index is 1030. The van der Waals surface area contributed by atoms with E-state index in [0.29, 0.717) is 23.0 Å². The van der Waals surface area contributed by atoms with Gasteiger partial charge in [0.15, 0.2) is 0 Å². The summed E-state index contributed by atoms with van der Waals surface area (Å²) < 4.78 is 19.1. The number of oxazole rings is 1. The largest absolute Gasteiger partial charge is 0.441 e. The van der Waals surface area contributed by atoms with Crippen molar-refractivity contribution in [2.75, 3.05) is 11.1 Å². The molecule has 1 atom stereocenters. The van der Waals surface area contributed by atoms with Gasteiger partial charge in [-0.3, -0.25) is 9.00 Å². The summed E-state index contributed by atoms with van der Waals surface area (Å²) in [4.78, 5) is 16.7. The van der Waals surface area contributed by atoms with Crippen LogP contribution < -0.4 is 5.32 Å². The first kappa shape index (κ1) is 20.5. The van der Waals surface area contributed by atoms with Crippen LogP contribution in [-0.4, -0.2) is 20.9 Å². The van der Waals surface area contributed by atoms with E-state index in [2.05, 4.69) is 26.2 Å². The Kier molecular flexibility index (Phi) is 6.46.